The van der Waals surface area contributed by atoms with Crippen molar-refractivity contribution in [1.82, 2.24) is 4.57 Å². The Bertz CT molecular complexity index is 476. The maximum Gasteiger partial charge on any atom is 0.176 e. The van der Waals surface area contributed by atoms with Crippen molar-refractivity contribution in [2.24, 2.45) is 7.05 Å². The summed E-state index contributed by atoms with van der Waals surface area (Å²) in [5.74, 6) is 0.866. The molecule has 1 aromatic heterocycles. The average Bonchev–Trinajstić information content (AvgIpc) is 2.91. The molecular weight excluding hydrogens is 362 g/mol. The molecule has 0 radical (unpaired) electrons. The van der Waals surface area contributed by atoms with E-state index in [-0.39, 0.29) is 51.9 Å². The van der Waals surface area contributed by atoms with Gasteiger partial charge in [-0.3, -0.25) is 4.79 Å². The minimum absolute atomic E-state index is 0. The predicted octanol–water partition coefficient (Wildman–Crippen LogP) is 2.64. The van der Waals surface area contributed by atoms with Crippen LogP contribution in [-0.4, -0.2) is 10.4 Å². The first-order valence-corrected chi connectivity index (χ1v) is 6.46. The zero-order valence-electron chi connectivity index (χ0n) is 10.2. The molecule has 1 heterocycles. The van der Waals surface area contributed by atoms with E-state index in [0.717, 1.165) is 18.5 Å². The number of hydrogen-bond donors (Lipinski definition) is 0. The van der Waals surface area contributed by atoms with Gasteiger partial charge in [0.1, 0.15) is 0 Å². The number of aromatic nitrogens is 1. The first kappa shape index (κ1) is 14.1. The molecule has 2 nitrogen and oxygen atoms in total. The molecule has 0 aromatic carbocycles. The SMILES string of the molecule is CC(=O)c1c2c(c(C3CC3)n1C)C([S-])CC2.[Nd]. The molecule has 3 rings (SSSR count). The van der Waals surface area contributed by atoms with E-state index in [1.165, 1.54) is 29.7 Å². The Hall–Kier alpha value is 0.651. The molecule has 17 heavy (non-hydrogen) atoms. The smallest absolute Gasteiger partial charge is 0.176 e. The van der Waals surface area contributed by atoms with Crippen molar-refractivity contribution in [3.8, 4) is 0 Å². The topological polar surface area (TPSA) is 22.0 Å². The van der Waals surface area contributed by atoms with Crippen LogP contribution in [-0.2, 0) is 26.1 Å². The van der Waals surface area contributed by atoms with Crippen LogP contribution in [0.4, 0.5) is 0 Å². The molecule has 90 valence electrons. The third-order valence-corrected chi connectivity index (χ3v) is 4.33. The number of carbonyl (C=O) groups is 1. The Morgan fingerprint density at radius 1 is 1.35 bits per heavy atom. The molecule has 0 amide bonds. The Balaban J connectivity index is 0.00000108. The van der Waals surface area contributed by atoms with Crippen LogP contribution in [0, 0.1) is 40.8 Å². The Kier molecular flexibility index (Phi) is 4.11. The fourth-order valence-electron chi connectivity index (χ4n) is 3.12. The van der Waals surface area contributed by atoms with Gasteiger partial charge < -0.3 is 17.2 Å². The van der Waals surface area contributed by atoms with Gasteiger partial charge in [-0.15, -0.1) is 5.25 Å². The van der Waals surface area contributed by atoms with E-state index in [9.17, 15) is 4.79 Å². The van der Waals surface area contributed by atoms with Gasteiger partial charge in [-0.2, -0.15) is 0 Å². The van der Waals surface area contributed by atoms with E-state index < -0.39 is 0 Å². The Labute approximate surface area is 140 Å². The molecule has 1 unspecified atom stereocenters. The van der Waals surface area contributed by atoms with Crippen molar-refractivity contribution in [1.29, 1.82) is 0 Å². The monoisotopic (exact) mass is 376 g/mol. The van der Waals surface area contributed by atoms with E-state index in [4.69, 9.17) is 12.6 Å². The van der Waals surface area contributed by atoms with Crippen molar-refractivity contribution in [2.45, 2.75) is 43.8 Å². The van der Waals surface area contributed by atoms with Crippen LogP contribution in [0.15, 0.2) is 0 Å². The van der Waals surface area contributed by atoms with Gasteiger partial charge in [-0.25, -0.2) is 0 Å². The van der Waals surface area contributed by atoms with Crippen LogP contribution in [0.5, 0.6) is 0 Å². The van der Waals surface area contributed by atoms with Crippen molar-refractivity contribution < 1.29 is 45.6 Å². The molecular formula is C13H16NNdOS-. The zero-order valence-corrected chi connectivity index (χ0v) is 14.3. The first-order chi connectivity index (χ1) is 7.61. The van der Waals surface area contributed by atoms with Crippen LogP contribution in [0.1, 0.15) is 64.7 Å². The van der Waals surface area contributed by atoms with E-state index in [1.54, 1.807) is 6.92 Å². The summed E-state index contributed by atoms with van der Waals surface area (Å²) in [7, 11) is 2.03. The van der Waals surface area contributed by atoms with Crippen molar-refractivity contribution >= 4 is 18.4 Å². The summed E-state index contributed by atoms with van der Waals surface area (Å²) in [5.41, 5.74) is 4.89. The minimum atomic E-state index is 0. The van der Waals surface area contributed by atoms with E-state index in [0.29, 0.717) is 5.92 Å². The standard InChI is InChI=1S/C13H17NOS.Nd/c1-7(15)12-9-5-6-10(16)11(9)13(14(12)2)8-3-4-8;/h8,10,16H,3-6H2,1-2H3;/p-1. The molecule has 1 fully saturated rings. The minimum Gasteiger partial charge on any atom is -0.785 e. The van der Waals surface area contributed by atoms with Crippen molar-refractivity contribution in [3.63, 3.8) is 0 Å². The Morgan fingerprint density at radius 2 is 2.00 bits per heavy atom. The first-order valence-electron chi connectivity index (χ1n) is 5.99. The number of carbonyl (C=O) groups excluding carboxylic acids is 1. The predicted molar refractivity (Wildman–Crippen MR) is 65.8 cm³/mol. The molecule has 1 atom stereocenters. The van der Waals surface area contributed by atoms with Crippen LogP contribution in [0.3, 0.4) is 0 Å². The maximum absolute atomic E-state index is 11.7. The number of Topliss-reactive ketones (excluding diaryl/α,β-unsaturated/α-hetero) is 1. The van der Waals surface area contributed by atoms with Gasteiger partial charge in [0.05, 0.1) is 5.69 Å². The summed E-state index contributed by atoms with van der Waals surface area (Å²) in [6, 6.07) is 0. The summed E-state index contributed by atoms with van der Waals surface area (Å²) in [6.07, 6.45) is 4.58. The number of hydrogen-bond acceptors (Lipinski definition) is 2. The molecule has 4 heteroatoms. The van der Waals surface area contributed by atoms with Crippen LogP contribution >= 0.6 is 0 Å². The molecule has 1 aromatic rings. The summed E-state index contributed by atoms with van der Waals surface area (Å²) >= 11 is 5.53. The largest absolute Gasteiger partial charge is 0.785 e. The van der Waals surface area contributed by atoms with Crippen molar-refractivity contribution in [3.05, 3.63) is 22.5 Å². The second-order valence-electron chi connectivity index (χ2n) is 5.04. The third kappa shape index (κ3) is 2.16. The van der Waals surface area contributed by atoms with Gasteiger partial charge in [0.2, 0.25) is 0 Å². The van der Waals surface area contributed by atoms with Gasteiger partial charge in [-0.05, 0) is 36.3 Å². The fraction of sp³-hybridized carbons (Fsp3) is 0.615. The van der Waals surface area contributed by atoms with Gasteiger partial charge in [-0.1, -0.05) is 6.42 Å². The maximum atomic E-state index is 11.7. The van der Waals surface area contributed by atoms with E-state index >= 15 is 0 Å². The summed E-state index contributed by atoms with van der Waals surface area (Å²) in [4.78, 5) is 11.7. The van der Waals surface area contributed by atoms with Gasteiger partial charge in [0.15, 0.2) is 5.78 Å². The summed E-state index contributed by atoms with van der Waals surface area (Å²) in [5, 5.41) is 0.241. The molecule has 2 aliphatic carbocycles. The summed E-state index contributed by atoms with van der Waals surface area (Å²) < 4.78 is 2.13. The fourth-order valence-corrected chi connectivity index (χ4v) is 3.50. The zero-order chi connectivity index (χ0) is 11.4. The quantitative estimate of drug-likeness (QED) is 0.583. The molecule has 0 aliphatic heterocycles. The van der Waals surface area contributed by atoms with Crippen LogP contribution in [0.25, 0.3) is 0 Å². The second-order valence-corrected chi connectivity index (χ2v) is 5.61. The number of ketones is 1. The molecule has 0 spiro atoms. The summed E-state index contributed by atoms with van der Waals surface area (Å²) in [6.45, 7) is 1.67. The van der Waals surface area contributed by atoms with Crippen LogP contribution < -0.4 is 0 Å². The second kappa shape index (κ2) is 4.97. The van der Waals surface area contributed by atoms with Crippen molar-refractivity contribution in [2.75, 3.05) is 0 Å². The number of rotatable bonds is 2. The van der Waals surface area contributed by atoms with Gasteiger partial charge in [0.25, 0.3) is 0 Å². The molecule has 1 saturated carbocycles. The third-order valence-electron chi connectivity index (χ3n) is 3.86. The molecule has 0 bridgehead atoms. The van der Waals surface area contributed by atoms with Crippen LogP contribution in [0.2, 0.25) is 0 Å². The molecule has 0 N–H and O–H groups in total. The molecule has 0 saturated heterocycles. The normalized spacial score (nSPS) is 22.2. The van der Waals surface area contributed by atoms with E-state index in [2.05, 4.69) is 4.57 Å². The molecule has 2 aliphatic rings. The van der Waals surface area contributed by atoms with Gasteiger partial charge >= 0.3 is 0 Å². The number of nitrogens with zero attached hydrogens (tertiary/aromatic N) is 1. The van der Waals surface area contributed by atoms with Gasteiger partial charge in [0, 0.05) is 60.5 Å². The number of fused-ring (bicyclic) bond motifs is 1. The Morgan fingerprint density at radius 3 is 2.53 bits per heavy atom. The van der Waals surface area contributed by atoms with E-state index in [1.807, 2.05) is 7.05 Å². The average molecular weight is 379 g/mol.